The molecule has 3 heteroatoms. The normalized spacial score (nSPS) is 12.2. The molecular formula is C18H32N2O. The summed E-state index contributed by atoms with van der Waals surface area (Å²) in [7, 11) is 2.16. The van der Waals surface area contributed by atoms with Gasteiger partial charge in [-0.1, -0.05) is 32.9 Å². The molecule has 0 aliphatic rings. The minimum Gasteiger partial charge on any atom is -0.492 e. The molecule has 0 unspecified atom stereocenters. The molecule has 0 amide bonds. The highest BCUT2D eigenvalue weighted by Gasteiger charge is 2.20. The fourth-order valence-corrected chi connectivity index (χ4v) is 1.94. The van der Waals surface area contributed by atoms with Gasteiger partial charge in [-0.15, -0.1) is 0 Å². The minimum atomic E-state index is 0.229. The van der Waals surface area contributed by atoms with Crippen LogP contribution in [0.15, 0.2) is 24.3 Å². The molecule has 1 aromatic carbocycles. The van der Waals surface area contributed by atoms with Gasteiger partial charge in [0.2, 0.25) is 0 Å². The Hall–Kier alpha value is -1.06. The van der Waals surface area contributed by atoms with Gasteiger partial charge in [0.25, 0.3) is 0 Å². The first-order valence-corrected chi connectivity index (χ1v) is 8.01. The molecule has 0 aliphatic carbocycles. The largest absolute Gasteiger partial charge is 0.492 e. The van der Waals surface area contributed by atoms with Crippen molar-refractivity contribution < 1.29 is 4.74 Å². The van der Waals surface area contributed by atoms with E-state index in [0.29, 0.717) is 6.04 Å². The molecule has 1 rings (SSSR count). The molecule has 0 saturated carbocycles. The second-order valence-electron chi connectivity index (χ2n) is 6.62. The van der Waals surface area contributed by atoms with Gasteiger partial charge in [0, 0.05) is 24.7 Å². The first kappa shape index (κ1) is 18.0. The number of rotatable bonds is 9. The van der Waals surface area contributed by atoms with Crippen molar-refractivity contribution >= 4 is 0 Å². The third-order valence-corrected chi connectivity index (χ3v) is 4.21. The van der Waals surface area contributed by atoms with E-state index in [1.807, 2.05) is 6.07 Å². The van der Waals surface area contributed by atoms with Crippen LogP contribution in [0.1, 0.15) is 46.6 Å². The standard InChI is InChI=1S/C18H32N2O/c1-7-18(4,5)20(6)11-12-21-17-10-8-9-16(13-17)14-19-15(2)3/h8-10,13,15,19H,7,11-12,14H2,1-6H3. The summed E-state index contributed by atoms with van der Waals surface area (Å²) in [6.45, 7) is 13.6. The van der Waals surface area contributed by atoms with Crippen molar-refractivity contribution in [3.8, 4) is 5.75 Å². The molecular weight excluding hydrogens is 260 g/mol. The topological polar surface area (TPSA) is 24.5 Å². The maximum Gasteiger partial charge on any atom is 0.119 e. The van der Waals surface area contributed by atoms with Gasteiger partial charge >= 0.3 is 0 Å². The van der Waals surface area contributed by atoms with Crippen LogP contribution in [0.3, 0.4) is 0 Å². The number of benzene rings is 1. The lowest BCUT2D eigenvalue weighted by Crippen LogP contribution is -2.42. The fraction of sp³-hybridized carbons (Fsp3) is 0.667. The Morgan fingerprint density at radius 3 is 2.62 bits per heavy atom. The first-order chi connectivity index (χ1) is 9.85. The van der Waals surface area contributed by atoms with Crippen LogP contribution < -0.4 is 10.1 Å². The van der Waals surface area contributed by atoms with Gasteiger partial charge in [-0.2, -0.15) is 0 Å². The van der Waals surface area contributed by atoms with Crippen LogP contribution in [0.2, 0.25) is 0 Å². The van der Waals surface area contributed by atoms with E-state index in [-0.39, 0.29) is 5.54 Å². The number of hydrogen-bond donors (Lipinski definition) is 1. The quantitative estimate of drug-likeness (QED) is 0.751. The van der Waals surface area contributed by atoms with Crippen LogP contribution in [-0.4, -0.2) is 36.7 Å². The number of likely N-dealkylation sites (N-methyl/N-ethyl adjacent to an activating group) is 1. The van der Waals surface area contributed by atoms with E-state index in [0.717, 1.165) is 31.9 Å². The van der Waals surface area contributed by atoms with Crippen LogP contribution in [0.25, 0.3) is 0 Å². The summed E-state index contributed by atoms with van der Waals surface area (Å²) in [6.07, 6.45) is 1.14. The molecule has 21 heavy (non-hydrogen) atoms. The second-order valence-corrected chi connectivity index (χ2v) is 6.62. The summed E-state index contributed by atoms with van der Waals surface area (Å²) in [6, 6.07) is 8.85. The number of hydrogen-bond acceptors (Lipinski definition) is 3. The Balaban J connectivity index is 2.43. The molecule has 0 saturated heterocycles. The van der Waals surface area contributed by atoms with Gasteiger partial charge in [-0.3, -0.25) is 4.90 Å². The van der Waals surface area contributed by atoms with E-state index in [1.54, 1.807) is 0 Å². The molecule has 0 fully saturated rings. The van der Waals surface area contributed by atoms with Crippen LogP contribution >= 0.6 is 0 Å². The van der Waals surface area contributed by atoms with E-state index in [4.69, 9.17) is 4.74 Å². The third kappa shape index (κ3) is 6.49. The van der Waals surface area contributed by atoms with Gasteiger partial charge in [-0.05, 0) is 45.0 Å². The van der Waals surface area contributed by atoms with E-state index >= 15 is 0 Å². The summed E-state index contributed by atoms with van der Waals surface area (Å²) in [5.74, 6) is 0.959. The van der Waals surface area contributed by atoms with Crippen LogP contribution in [0, 0.1) is 0 Å². The van der Waals surface area contributed by atoms with Crippen LogP contribution in [0.5, 0.6) is 5.75 Å². The maximum atomic E-state index is 5.89. The molecule has 0 atom stereocenters. The molecule has 0 radical (unpaired) electrons. The zero-order valence-electron chi connectivity index (χ0n) is 14.6. The molecule has 0 heterocycles. The second kappa shape index (κ2) is 8.40. The summed E-state index contributed by atoms with van der Waals surface area (Å²) in [5.41, 5.74) is 1.50. The molecule has 0 aliphatic heterocycles. The third-order valence-electron chi connectivity index (χ3n) is 4.21. The Morgan fingerprint density at radius 1 is 1.29 bits per heavy atom. The van der Waals surface area contributed by atoms with E-state index in [1.165, 1.54) is 5.56 Å². The van der Waals surface area contributed by atoms with Crippen molar-refractivity contribution in [2.45, 2.75) is 59.2 Å². The van der Waals surface area contributed by atoms with Gasteiger partial charge in [-0.25, -0.2) is 0 Å². The fourth-order valence-electron chi connectivity index (χ4n) is 1.94. The van der Waals surface area contributed by atoms with Crippen molar-refractivity contribution in [2.75, 3.05) is 20.2 Å². The van der Waals surface area contributed by atoms with Crippen LogP contribution in [0.4, 0.5) is 0 Å². The molecule has 1 aromatic rings. The minimum absolute atomic E-state index is 0.229. The summed E-state index contributed by atoms with van der Waals surface area (Å²) >= 11 is 0. The van der Waals surface area contributed by atoms with Gasteiger partial charge in [0.05, 0.1) is 0 Å². The van der Waals surface area contributed by atoms with E-state index < -0.39 is 0 Å². The highest BCUT2D eigenvalue weighted by atomic mass is 16.5. The summed E-state index contributed by atoms with van der Waals surface area (Å²) in [4.78, 5) is 2.36. The predicted molar refractivity (Wildman–Crippen MR) is 90.9 cm³/mol. The van der Waals surface area contributed by atoms with Gasteiger partial charge in [0.15, 0.2) is 0 Å². The Morgan fingerprint density at radius 2 is 2.00 bits per heavy atom. The Bertz CT molecular complexity index is 415. The highest BCUT2D eigenvalue weighted by molar-refractivity contribution is 5.28. The van der Waals surface area contributed by atoms with Crippen molar-refractivity contribution in [3.05, 3.63) is 29.8 Å². The molecule has 1 N–H and O–H groups in total. The summed E-state index contributed by atoms with van der Waals surface area (Å²) in [5, 5.41) is 3.43. The SMILES string of the molecule is CCC(C)(C)N(C)CCOc1cccc(CNC(C)C)c1. The zero-order valence-corrected chi connectivity index (χ0v) is 14.6. The van der Waals surface area contributed by atoms with Crippen molar-refractivity contribution in [1.29, 1.82) is 0 Å². The van der Waals surface area contributed by atoms with E-state index in [9.17, 15) is 0 Å². The molecule has 0 aromatic heterocycles. The Labute approximate surface area is 130 Å². The van der Waals surface area contributed by atoms with Crippen molar-refractivity contribution in [1.82, 2.24) is 10.2 Å². The Kier molecular flexibility index (Phi) is 7.20. The van der Waals surface area contributed by atoms with Crippen molar-refractivity contribution in [3.63, 3.8) is 0 Å². The smallest absolute Gasteiger partial charge is 0.119 e. The number of nitrogens with one attached hydrogen (secondary N) is 1. The average molecular weight is 292 g/mol. The maximum absolute atomic E-state index is 5.89. The lowest BCUT2D eigenvalue weighted by molar-refractivity contribution is 0.125. The predicted octanol–water partition coefficient (Wildman–Crippen LogP) is 3.68. The van der Waals surface area contributed by atoms with Gasteiger partial charge < -0.3 is 10.1 Å². The average Bonchev–Trinajstić information content (AvgIpc) is 2.45. The van der Waals surface area contributed by atoms with Gasteiger partial charge in [0.1, 0.15) is 12.4 Å². The monoisotopic (exact) mass is 292 g/mol. The van der Waals surface area contributed by atoms with E-state index in [2.05, 4.69) is 70.1 Å². The molecule has 0 spiro atoms. The highest BCUT2D eigenvalue weighted by Crippen LogP contribution is 2.17. The lowest BCUT2D eigenvalue weighted by atomic mass is 10.0. The molecule has 0 bridgehead atoms. The number of nitrogens with zero attached hydrogens (tertiary/aromatic N) is 1. The zero-order chi connectivity index (χ0) is 15.9. The van der Waals surface area contributed by atoms with Crippen LogP contribution in [-0.2, 0) is 6.54 Å². The summed E-state index contributed by atoms with van der Waals surface area (Å²) < 4.78 is 5.89. The number of ether oxygens (including phenoxy) is 1. The molecule has 120 valence electrons. The first-order valence-electron chi connectivity index (χ1n) is 8.01. The lowest BCUT2D eigenvalue weighted by Gasteiger charge is -2.34. The van der Waals surface area contributed by atoms with Crippen molar-refractivity contribution in [2.24, 2.45) is 0 Å². The molecule has 3 nitrogen and oxygen atoms in total.